The van der Waals surface area contributed by atoms with Crippen LogP contribution in [0.5, 0.6) is 0 Å². The van der Waals surface area contributed by atoms with Crippen molar-refractivity contribution in [1.82, 2.24) is 19.6 Å². The lowest BCUT2D eigenvalue weighted by atomic mass is 10.0. The number of carbonyl (C=O) groups excluding carboxylic acids is 1. The molecule has 3 aromatic rings. The Hall–Kier alpha value is -3.17. The van der Waals surface area contributed by atoms with Gasteiger partial charge < -0.3 is 9.64 Å². The van der Waals surface area contributed by atoms with Crippen molar-refractivity contribution in [2.45, 2.75) is 46.8 Å². The highest BCUT2D eigenvalue weighted by atomic mass is 19.4. The monoisotopic (exact) mass is 433 g/mol. The summed E-state index contributed by atoms with van der Waals surface area (Å²) in [5.41, 5.74) is 3.43. The van der Waals surface area contributed by atoms with Crippen LogP contribution in [0.2, 0.25) is 0 Å². The summed E-state index contributed by atoms with van der Waals surface area (Å²) in [6, 6.07) is 1.15. The number of hydrogen-bond acceptors (Lipinski definition) is 6. The molecular formula is C21H22F3N5O2. The van der Waals surface area contributed by atoms with Gasteiger partial charge in [-0.15, -0.1) is 5.10 Å². The smallest absolute Gasteiger partial charge is 0.417 e. The maximum absolute atomic E-state index is 13.1. The van der Waals surface area contributed by atoms with E-state index in [1.807, 2.05) is 18.7 Å². The van der Waals surface area contributed by atoms with E-state index in [1.54, 1.807) is 13.8 Å². The Morgan fingerprint density at radius 3 is 2.65 bits per heavy atom. The summed E-state index contributed by atoms with van der Waals surface area (Å²) in [5, 5.41) is 4.66. The normalized spacial score (nSPS) is 14.1. The van der Waals surface area contributed by atoms with E-state index in [1.165, 1.54) is 4.52 Å². The molecule has 10 heteroatoms. The quantitative estimate of drug-likeness (QED) is 0.585. The molecule has 0 amide bonds. The molecule has 0 N–H and O–H groups in total. The highest BCUT2D eigenvalue weighted by Gasteiger charge is 2.33. The highest BCUT2D eigenvalue weighted by molar-refractivity contribution is 5.90. The second-order valence-electron chi connectivity index (χ2n) is 7.57. The van der Waals surface area contributed by atoms with E-state index in [-0.39, 0.29) is 18.8 Å². The van der Waals surface area contributed by atoms with E-state index in [0.29, 0.717) is 41.4 Å². The molecule has 164 valence electrons. The first-order valence-corrected chi connectivity index (χ1v) is 9.95. The Morgan fingerprint density at radius 1 is 1.23 bits per heavy atom. The first-order chi connectivity index (χ1) is 14.6. The van der Waals surface area contributed by atoms with Crippen LogP contribution in [0.3, 0.4) is 0 Å². The number of nitrogens with zero attached hydrogens (tertiary/aromatic N) is 5. The number of hydrogen-bond donors (Lipinski definition) is 0. The van der Waals surface area contributed by atoms with Crippen LogP contribution < -0.4 is 4.90 Å². The average Bonchev–Trinajstić information content (AvgIpc) is 3.05. The summed E-state index contributed by atoms with van der Waals surface area (Å²) in [6.45, 7) is 8.24. The Labute approximate surface area is 176 Å². The third kappa shape index (κ3) is 3.60. The molecule has 0 spiro atoms. The second kappa shape index (κ2) is 7.51. The summed E-state index contributed by atoms with van der Waals surface area (Å²) in [7, 11) is 0. The van der Waals surface area contributed by atoms with Crippen LogP contribution in [-0.2, 0) is 23.9 Å². The van der Waals surface area contributed by atoms with Gasteiger partial charge in [0.1, 0.15) is 0 Å². The van der Waals surface area contributed by atoms with Crippen molar-refractivity contribution < 1.29 is 22.7 Å². The van der Waals surface area contributed by atoms with Crippen molar-refractivity contribution in [1.29, 1.82) is 0 Å². The van der Waals surface area contributed by atoms with Crippen LogP contribution in [0.15, 0.2) is 12.3 Å². The number of halogens is 3. The molecule has 0 bridgehead atoms. The Morgan fingerprint density at radius 2 is 1.97 bits per heavy atom. The number of pyridine rings is 1. The maximum atomic E-state index is 13.1. The van der Waals surface area contributed by atoms with E-state index in [2.05, 4.69) is 15.1 Å². The molecule has 0 aliphatic carbocycles. The lowest BCUT2D eigenvalue weighted by molar-refractivity contribution is -0.137. The summed E-state index contributed by atoms with van der Waals surface area (Å²) in [5.74, 6) is 0.0771. The van der Waals surface area contributed by atoms with Gasteiger partial charge in [-0.3, -0.25) is 4.98 Å². The summed E-state index contributed by atoms with van der Waals surface area (Å²) >= 11 is 0. The Bertz CT molecular complexity index is 1190. The fourth-order valence-electron chi connectivity index (χ4n) is 3.86. The lowest BCUT2D eigenvalue weighted by Gasteiger charge is -2.31. The van der Waals surface area contributed by atoms with Gasteiger partial charge in [0.2, 0.25) is 0 Å². The van der Waals surface area contributed by atoms with E-state index in [9.17, 15) is 18.0 Å². The number of imidazole rings is 1. The SMILES string of the molecule is CCOC(=O)c1c(C)nc2c(C)c(C)c(N3CCc4ncc(C(F)(F)F)cc4C3)nn12. The number of carbonyl (C=O) groups is 1. The molecule has 4 rings (SSSR count). The van der Waals surface area contributed by atoms with Crippen LogP contribution in [0, 0.1) is 20.8 Å². The molecule has 0 aromatic carbocycles. The number of rotatable bonds is 3. The molecule has 0 saturated heterocycles. The molecule has 0 radical (unpaired) electrons. The Balaban J connectivity index is 1.79. The van der Waals surface area contributed by atoms with E-state index >= 15 is 0 Å². The van der Waals surface area contributed by atoms with Crippen molar-refractivity contribution in [3.8, 4) is 0 Å². The van der Waals surface area contributed by atoms with Crippen LogP contribution in [0.1, 0.15) is 51.1 Å². The van der Waals surface area contributed by atoms with Crippen LogP contribution >= 0.6 is 0 Å². The van der Waals surface area contributed by atoms with Gasteiger partial charge in [0.15, 0.2) is 17.2 Å². The number of aryl methyl sites for hydroxylation is 2. The van der Waals surface area contributed by atoms with Crippen LogP contribution in [-0.4, -0.2) is 38.7 Å². The van der Waals surface area contributed by atoms with Crippen molar-refractivity contribution in [2.24, 2.45) is 0 Å². The number of alkyl halides is 3. The zero-order valence-electron chi connectivity index (χ0n) is 17.7. The molecule has 0 unspecified atom stereocenters. The maximum Gasteiger partial charge on any atom is 0.417 e. The highest BCUT2D eigenvalue weighted by Crippen LogP contribution is 2.33. The first kappa shape index (κ1) is 21.1. The molecule has 0 fully saturated rings. The third-order valence-corrected chi connectivity index (χ3v) is 5.59. The number of esters is 1. The van der Waals surface area contributed by atoms with Gasteiger partial charge in [-0.05, 0) is 39.3 Å². The third-order valence-electron chi connectivity index (χ3n) is 5.59. The predicted molar refractivity (Wildman–Crippen MR) is 107 cm³/mol. The fraction of sp³-hybridized carbons (Fsp3) is 0.429. The molecule has 7 nitrogen and oxygen atoms in total. The summed E-state index contributed by atoms with van der Waals surface area (Å²) < 4.78 is 46.0. The molecule has 1 aliphatic rings. The zero-order chi connectivity index (χ0) is 22.5. The van der Waals surface area contributed by atoms with Gasteiger partial charge >= 0.3 is 12.1 Å². The largest absolute Gasteiger partial charge is 0.461 e. The van der Waals surface area contributed by atoms with E-state index < -0.39 is 17.7 Å². The van der Waals surface area contributed by atoms with Gasteiger partial charge in [-0.25, -0.2) is 14.3 Å². The van der Waals surface area contributed by atoms with Crippen LogP contribution in [0.25, 0.3) is 5.65 Å². The summed E-state index contributed by atoms with van der Waals surface area (Å²) in [6.07, 6.45) is -3.07. The van der Waals surface area contributed by atoms with Crippen molar-refractivity contribution in [3.05, 3.63) is 51.6 Å². The Kier molecular flexibility index (Phi) is 5.10. The predicted octanol–water partition coefficient (Wildman–Crippen LogP) is 3.81. The minimum Gasteiger partial charge on any atom is -0.461 e. The molecular weight excluding hydrogens is 411 g/mol. The molecule has 3 aromatic heterocycles. The average molecular weight is 433 g/mol. The van der Waals surface area contributed by atoms with E-state index in [0.717, 1.165) is 23.4 Å². The molecule has 31 heavy (non-hydrogen) atoms. The minimum absolute atomic E-state index is 0.223. The van der Waals surface area contributed by atoms with Crippen molar-refractivity contribution >= 4 is 17.4 Å². The summed E-state index contributed by atoms with van der Waals surface area (Å²) in [4.78, 5) is 22.9. The number of anilines is 1. The van der Waals surface area contributed by atoms with Gasteiger partial charge in [0, 0.05) is 42.5 Å². The molecule has 4 heterocycles. The van der Waals surface area contributed by atoms with Crippen molar-refractivity contribution in [2.75, 3.05) is 18.1 Å². The van der Waals surface area contributed by atoms with Gasteiger partial charge in [0.05, 0.1) is 17.9 Å². The number of ether oxygens (including phenoxy) is 1. The zero-order valence-corrected chi connectivity index (χ0v) is 17.7. The van der Waals surface area contributed by atoms with Gasteiger partial charge in [0.25, 0.3) is 0 Å². The van der Waals surface area contributed by atoms with Gasteiger partial charge in [-0.2, -0.15) is 13.2 Å². The fourth-order valence-corrected chi connectivity index (χ4v) is 3.86. The first-order valence-electron chi connectivity index (χ1n) is 9.95. The van der Waals surface area contributed by atoms with Gasteiger partial charge in [-0.1, -0.05) is 0 Å². The molecule has 1 aliphatic heterocycles. The lowest BCUT2D eigenvalue weighted by Crippen LogP contribution is -2.33. The second-order valence-corrected chi connectivity index (χ2v) is 7.57. The van der Waals surface area contributed by atoms with Crippen LogP contribution in [0.4, 0.5) is 19.0 Å². The topological polar surface area (TPSA) is 72.6 Å². The minimum atomic E-state index is -4.45. The standard InChI is InChI=1S/C21H22F3N5O2/c1-5-31-20(30)17-13(4)26-18-11(2)12(3)19(27-29(17)18)28-7-6-16-14(10-28)8-15(9-25-16)21(22,23)24/h8-9H,5-7,10H2,1-4H3. The molecule has 0 saturated carbocycles. The molecule has 0 atom stereocenters. The van der Waals surface area contributed by atoms with E-state index in [4.69, 9.17) is 4.74 Å². The van der Waals surface area contributed by atoms with Crippen molar-refractivity contribution in [3.63, 3.8) is 0 Å². The number of aromatic nitrogens is 4. The number of fused-ring (bicyclic) bond motifs is 2.